The number of phenols is 1. The molecule has 2 aliphatic heterocycles. The number of piperidine rings is 1. The van der Waals surface area contributed by atoms with Crippen LogP contribution in [-0.4, -0.2) is 68.4 Å². The Morgan fingerprint density at radius 2 is 1.85 bits per heavy atom. The number of aromatic hydroxyl groups is 1. The van der Waals surface area contributed by atoms with Crippen molar-refractivity contribution in [3.05, 3.63) is 59.9 Å². The fourth-order valence-electron chi connectivity index (χ4n) is 5.06. The van der Waals surface area contributed by atoms with E-state index in [1.165, 1.54) is 4.90 Å². The Morgan fingerprint density at radius 3 is 2.52 bits per heavy atom. The molecule has 2 saturated heterocycles. The van der Waals surface area contributed by atoms with Crippen LogP contribution < -0.4 is 0 Å². The molecule has 4 rings (SSSR count). The van der Waals surface area contributed by atoms with Crippen LogP contribution in [0.15, 0.2) is 48.8 Å². The Bertz CT molecular complexity index is 971. The largest absolute Gasteiger partial charge is 0.508 e. The van der Waals surface area contributed by atoms with Gasteiger partial charge in [-0.2, -0.15) is 0 Å². The lowest BCUT2D eigenvalue weighted by Crippen LogP contribution is -2.57. The number of hydrogen-bond donors (Lipinski definition) is 1. The summed E-state index contributed by atoms with van der Waals surface area (Å²) in [4.78, 5) is 36.8. The Labute approximate surface area is 196 Å². The third kappa shape index (κ3) is 5.03. The summed E-state index contributed by atoms with van der Waals surface area (Å²) in [7, 11) is 0. The molecule has 0 bridgehead atoms. The van der Waals surface area contributed by atoms with Gasteiger partial charge in [-0.15, -0.1) is 0 Å². The lowest BCUT2D eigenvalue weighted by molar-refractivity contribution is -0.135. The molecule has 176 valence electrons. The molecule has 1 aromatic heterocycles. The van der Waals surface area contributed by atoms with Crippen molar-refractivity contribution < 1.29 is 14.7 Å². The summed E-state index contributed by atoms with van der Waals surface area (Å²) in [6.45, 7) is 7.43. The first-order valence-corrected chi connectivity index (χ1v) is 11.9. The van der Waals surface area contributed by atoms with Crippen molar-refractivity contribution in [2.45, 2.75) is 51.6 Å². The monoisotopic (exact) mass is 450 g/mol. The van der Waals surface area contributed by atoms with Crippen molar-refractivity contribution in [2.75, 3.05) is 26.2 Å². The van der Waals surface area contributed by atoms with Crippen LogP contribution in [0.4, 0.5) is 4.79 Å². The fraction of sp³-hybridized carbons (Fsp3) is 0.500. The Morgan fingerprint density at radius 1 is 1.09 bits per heavy atom. The third-order valence-electron chi connectivity index (χ3n) is 6.74. The van der Waals surface area contributed by atoms with E-state index in [1.807, 2.05) is 35.4 Å². The van der Waals surface area contributed by atoms with Gasteiger partial charge in [0, 0.05) is 45.1 Å². The van der Waals surface area contributed by atoms with Crippen LogP contribution in [0, 0.1) is 5.92 Å². The van der Waals surface area contributed by atoms with E-state index in [0.29, 0.717) is 31.8 Å². The highest BCUT2D eigenvalue weighted by molar-refractivity contribution is 6.07. The number of rotatable bonds is 8. The van der Waals surface area contributed by atoms with Gasteiger partial charge in [-0.3, -0.25) is 19.6 Å². The summed E-state index contributed by atoms with van der Waals surface area (Å²) in [5.41, 5.74) is 1.44. The third-order valence-corrected chi connectivity index (χ3v) is 6.74. The van der Waals surface area contributed by atoms with Crippen molar-refractivity contribution in [1.82, 2.24) is 19.7 Å². The molecule has 0 unspecified atom stereocenters. The van der Waals surface area contributed by atoms with E-state index in [9.17, 15) is 14.7 Å². The minimum Gasteiger partial charge on any atom is -0.508 e. The van der Waals surface area contributed by atoms with E-state index in [2.05, 4.69) is 23.7 Å². The predicted molar refractivity (Wildman–Crippen MR) is 127 cm³/mol. The van der Waals surface area contributed by atoms with Crippen molar-refractivity contribution in [3.63, 3.8) is 0 Å². The van der Waals surface area contributed by atoms with Crippen LogP contribution in [0.5, 0.6) is 5.75 Å². The molecular weight excluding hydrogens is 416 g/mol. The Balaban J connectivity index is 1.43. The molecule has 3 heterocycles. The number of carbonyl (C=O) groups is 2. The fourth-order valence-corrected chi connectivity index (χ4v) is 5.06. The normalized spacial score (nSPS) is 18.6. The molecule has 3 amide bonds. The first-order chi connectivity index (χ1) is 15.9. The first-order valence-electron chi connectivity index (χ1n) is 11.9. The highest BCUT2D eigenvalue weighted by atomic mass is 16.3. The van der Waals surface area contributed by atoms with Gasteiger partial charge < -0.3 is 10.0 Å². The molecule has 0 atom stereocenters. The summed E-state index contributed by atoms with van der Waals surface area (Å²) in [5.74, 6) is 0.526. The number of carbonyl (C=O) groups excluding carboxylic acids is 2. The molecule has 7 nitrogen and oxygen atoms in total. The maximum Gasteiger partial charge on any atom is 0.327 e. The van der Waals surface area contributed by atoms with Gasteiger partial charge in [-0.1, -0.05) is 32.0 Å². The number of aromatic nitrogens is 1. The summed E-state index contributed by atoms with van der Waals surface area (Å²) in [6, 6.07) is 11.1. The van der Waals surface area contributed by atoms with Crippen LogP contribution in [0.2, 0.25) is 0 Å². The number of phenolic OH excluding ortho intramolecular Hbond substituents is 1. The number of amides is 3. The Hall–Kier alpha value is -2.93. The van der Waals surface area contributed by atoms with Crippen LogP contribution in [-0.2, 0) is 17.8 Å². The number of hydrogen-bond acceptors (Lipinski definition) is 5. The van der Waals surface area contributed by atoms with Crippen LogP contribution in [0.1, 0.15) is 44.2 Å². The summed E-state index contributed by atoms with van der Waals surface area (Å²) in [5, 5.41) is 9.75. The van der Waals surface area contributed by atoms with Crippen LogP contribution >= 0.6 is 0 Å². The first kappa shape index (κ1) is 23.2. The smallest absolute Gasteiger partial charge is 0.327 e. The van der Waals surface area contributed by atoms with Gasteiger partial charge in [0.05, 0.1) is 0 Å². The van der Waals surface area contributed by atoms with Crippen molar-refractivity contribution >= 4 is 11.9 Å². The van der Waals surface area contributed by atoms with Crippen molar-refractivity contribution in [1.29, 1.82) is 0 Å². The second-order valence-corrected chi connectivity index (χ2v) is 9.69. The Kier molecular flexibility index (Phi) is 6.98. The van der Waals surface area contributed by atoms with E-state index >= 15 is 0 Å². The lowest BCUT2D eigenvalue weighted by Gasteiger charge is -2.42. The van der Waals surface area contributed by atoms with E-state index in [0.717, 1.165) is 43.6 Å². The molecule has 2 aliphatic rings. The van der Waals surface area contributed by atoms with E-state index in [4.69, 9.17) is 0 Å². The molecule has 2 fully saturated rings. The highest BCUT2D eigenvalue weighted by Gasteiger charge is 2.57. The average Bonchev–Trinajstić information content (AvgIpc) is 2.97. The predicted octanol–water partition coefficient (Wildman–Crippen LogP) is 3.67. The SMILES string of the molecule is CC(C)CN1C(=O)N(CCCc2cccnc2)C(=O)C12CCN(Cc1cccc(O)c1)CC2. The lowest BCUT2D eigenvalue weighted by atomic mass is 9.85. The van der Waals surface area contributed by atoms with Gasteiger partial charge in [0.25, 0.3) is 5.91 Å². The van der Waals surface area contributed by atoms with Gasteiger partial charge >= 0.3 is 6.03 Å². The highest BCUT2D eigenvalue weighted by Crippen LogP contribution is 2.38. The van der Waals surface area contributed by atoms with Crippen LogP contribution in [0.3, 0.4) is 0 Å². The van der Waals surface area contributed by atoms with Gasteiger partial charge in [0.1, 0.15) is 11.3 Å². The maximum absolute atomic E-state index is 13.6. The number of pyridine rings is 1. The van der Waals surface area contributed by atoms with Gasteiger partial charge in [0.15, 0.2) is 0 Å². The summed E-state index contributed by atoms with van der Waals surface area (Å²) < 4.78 is 0. The molecule has 33 heavy (non-hydrogen) atoms. The molecule has 1 N–H and O–H groups in total. The zero-order valence-corrected chi connectivity index (χ0v) is 19.6. The van der Waals surface area contributed by atoms with Crippen molar-refractivity contribution in [3.8, 4) is 5.75 Å². The number of imide groups is 1. The van der Waals surface area contributed by atoms with E-state index < -0.39 is 5.54 Å². The van der Waals surface area contributed by atoms with Gasteiger partial charge in [-0.25, -0.2) is 4.79 Å². The summed E-state index contributed by atoms with van der Waals surface area (Å²) >= 11 is 0. The topological polar surface area (TPSA) is 77.0 Å². The standard InChI is InChI=1S/C26H34N4O3/c1-20(2)18-30-25(33)29(13-5-8-21-7-4-12-27-17-21)24(32)26(30)10-14-28(15-11-26)19-22-6-3-9-23(31)16-22/h3-4,6-7,9,12,16-17,20,31H,5,8,10-11,13-15,18-19H2,1-2H3. The average molecular weight is 451 g/mol. The summed E-state index contributed by atoms with van der Waals surface area (Å²) in [6.07, 6.45) is 6.39. The molecule has 7 heteroatoms. The van der Waals surface area contributed by atoms with E-state index in [1.54, 1.807) is 18.3 Å². The molecule has 2 aromatic rings. The van der Waals surface area contributed by atoms with E-state index in [-0.39, 0.29) is 17.7 Å². The van der Waals surface area contributed by atoms with Gasteiger partial charge in [-0.05, 0) is 60.9 Å². The molecular formula is C26H34N4O3. The zero-order valence-electron chi connectivity index (χ0n) is 19.6. The second kappa shape index (κ2) is 9.91. The van der Waals surface area contributed by atoms with Crippen molar-refractivity contribution in [2.24, 2.45) is 5.92 Å². The zero-order chi connectivity index (χ0) is 23.4. The van der Waals surface area contributed by atoms with Gasteiger partial charge in [0.2, 0.25) is 0 Å². The molecule has 0 aliphatic carbocycles. The molecule has 0 radical (unpaired) electrons. The number of benzene rings is 1. The number of likely N-dealkylation sites (tertiary alicyclic amines) is 1. The number of aryl methyl sites for hydroxylation is 1. The molecule has 1 spiro atoms. The molecule has 0 saturated carbocycles. The van der Waals surface area contributed by atoms with Crippen LogP contribution in [0.25, 0.3) is 0 Å². The maximum atomic E-state index is 13.6. The minimum atomic E-state index is -0.731. The molecule has 1 aromatic carbocycles. The number of urea groups is 1. The minimum absolute atomic E-state index is 0.0312. The number of nitrogens with zero attached hydrogens (tertiary/aromatic N) is 4. The quantitative estimate of drug-likeness (QED) is 0.621. The second-order valence-electron chi connectivity index (χ2n) is 9.69.